The predicted molar refractivity (Wildman–Crippen MR) is 341 cm³/mol. The first kappa shape index (κ1) is 76.2. The number of aliphatic hydroxyl groups is 5. The molecule has 0 aromatic heterocycles. The highest BCUT2D eigenvalue weighted by Gasteiger charge is 2.44. The fraction of sp³-hybridized carbons (Fsp3) is 0.873. The third-order valence-electron chi connectivity index (χ3n) is 16.6. The van der Waals surface area contributed by atoms with Gasteiger partial charge in [-0.2, -0.15) is 0 Å². The molecule has 1 amide bonds. The number of hydrogen-bond donors (Lipinski definition) is 6. The molecular weight excluding hydrogens is 995 g/mol. The Hall–Kier alpha value is -1.85. The molecule has 80 heavy (non-hydrogen) atoms. The molecule has 7 unspecified atom stereocenters. The first-order valence-electron chi connectivity index (χ1n) is 34.9. The van der Waals surface area contributed by atoms with E-state index in [1.165, 1.54) is 276 Å². The van der Waals surface area contributed by atoms with Gasteiger partial charge in [-0.3, -0.25) is 4.79 Å². The molecule has 470 valence electrons. The molecule has 0 aliphatic carbocycles. The van der Waals surface area contributed by atoms with Gasteiger partial charge < -0.3 is 40.3 Å². The van der Waals surface area contributed by atoms with Crippen LogP contribution in [-0.4, -0.2) is 87.5 Å². The summed E-state index contributed by atoms with van der Waals surface area (Å²) < 4.78 is 11.3. The van der Waals surface area contributed by atoms with E-state index in [1.54, 1.807) is 6.08 Å². The lowest BCUT2D eigenvalue weighted by molar-refractivity contribution is -0.302. The number of ether oxygens (including phenoxy) is 2. The fourth-order valence-corrected chi connectivity index (χ4v) is 11.1. The van der Waals surface area contributed by atoms with E-state index in [0.29, 0.717) is 6.42 Å². The van der Waals surface area contributed by atoms with Crippen molar-refractivity contribution in [2.75, 3.05) is 13.2 Å². The van der Waals surface area contributed by atoms with E-state index >= 15 is 0 Å². The summed E-state index contributed by atoms with van der Waals surface area (Å²) >= 11 is 0. The Morgan fingerprint density at radius 3 is 1.05 bits per heavy atom. The minimum absolute atomic E-state index is 0.185. The van der Waals surface area contributed by atoms with Crippen molar-refractivity contribution in [3.63, 3.8) is 0 Å². The summed E-state index contributed by atoms with van der Waals surface area (Å²) in [6.45, 7) is 3.80. The molecule has 1 fully saturated rings. The second kappa shape index (κ2) is 60.3. The number of hydrogen-bond acceptors (Lipinski definition) is 8. The number of amides is 1. The van der Waals surface area contributed by atoms with Crippen molar-refractivity contribution < 1.29 is 39.8 Å². The van der Waals surface area contributed by atoms with E-state index in [9.17, 15) is 30.3 Å². The van der Waals surface area contributed by atoms with E-state index < -0.39 is 49.5 Å². The van der Waals surface area contributed by atoms with Crippen LogP contribution in [0, 0.1) is 0 Å². The second-order valence-electron chi connectivity index (χ2n) is 24.3. The minimum atomic E-state index is -1.58. The van der Waals surface area contributed by atoms with Crippen LogP contribution in [0.5, 0.6) is 0 Å². The van der Waals surface area contributed by atoms with E-state index in [-0.39, 0.29) is 12.5 Å². The Morgan fingerprint density at radius 1 is 0.412 bits per heavy atom. The standard InChI is InChI=1S/C71H133NO8/c1-3-5-7-9-11-13-15-17-19-21-23-25-27-29-31-32-33-34-35-37-39-41-43-45-47-49-51-53-55-57-59-61-67(75)72-64(63-79-71-70(78)69(77)68(76)66(62-73)80-71)65(74)60-58-56-54-52-50-48-46-44-42-40-38-36-30-28-26-24-22-20-18-16-14-12-10-8-6-4-2/h21,23,42,44,50,52,58,60,64-66,68-71,73-74,76-78H,3-20,22,24-41,43,45-49,51,53-57,59,61-63H2,1-2H3,(H,72,75)/b23-21-,44-42+,52-50+,60-58+. The highest BCUT2D eigenvalue weighted by atomic mass is 16.7. The molecule has 0 aromatic carbocycles. The van der Waals surface area contributed by atoms with Gasteiger partial charge in [0.1, 0.15) is 24.4 Å². The van der Waals surface area contributed by atoms with Crippen LogP contribution in [0.25, 0.3) is 0 Å². The summed E-state index contributed by atoms with van der Waals surface area (Å²) in [5, 5.41) is 54.7. The quantitative estimate of drug-likeness (QED) is 0.0261. The SMILES string of the molecule is CCCCCCCCCC/C=C\CCCCCCCCCCCCCCCCCCCCCC(=O)NC(COC1OC(CO)C(O)C(O)C1O)C(O)/C=C/CC/C=C/CC/C=C/CCCCCCCCCCCCCCCCCC. The van der Waals surface area contributed by atoms with Gasteiger partial charge in [0.05, 0.1) is 25.4 Å². The Balaban J connectivity index is 2.15. The smallest absolute Gasteiger partial charge is 0.220 e. The summed E-state index contributed by atoms with van der Waals surface area (Å²) in [7, 11) is 0. The van der Waals surface area contributed by atoms with Crippen LogP contribution >= 0.6 is 0 Å². The molecule has 0 bridgehead atoms. The number of allylic oxidation sites excluding steroid dienone is 7. The van der Waals surface area contributed by atoms with Crippen molar-refractivity contribution in [1.29, 1.82) is 0 Å². The van der Waals surface area contributed by atoms with Crippen LogP contribution in [0.4, 0.5) is 0 Å². The van der Waals surface area contributed by atoms with Gasteiger partial charge in [-0.05, 0) is 70.6 Å². The molecule has 7 atom stereocenters. The Kier molecular flexibility index (Phi) is 57.4. The van der Waals surface area contributed by atoms with Gasteiger partial charge in [0.15, 0.2) is 6.29 Å². The maximum atomic E-state index is 13.1. The average molecular weight is 1130 g/mol. The molecule has 0 spiro atoms. The largest absolute Gasteiger partial charge is 0.394 e. The highest BCUT2D eigenvalue weighted by molar-refractivity contribution is 5.76. The van der Waals surface area contributed by atoms with Crippen LogP contribution in [0.2, 0.25) is 0 Å². The van der Waals surface area contributed by atoms with Crippen molar-refractivity contribution in [3.05, 3.63) is 48.6 Å². The van der Waals surface area contributed by atoms with Crippen molar-refractivity contribution >= 4 is 5.91 Å². The van der Waals surface area contributed by atoms with Crippen LogP contribution in [0.3, 0.4) is 0 Å². The molecule has 9 heteroatoms. The van der Waals surface area contributed by atoms with E-state index in [4.69, 9.17) is 9.47 Å². The molecule has 1 saturated heterocycles. The van der Waals surface area contributed by atoms with Crippen LogP contribution in [-0.2, 0) is 14.3 Å². The van der Waals surface area contributed by atoms with Gasteiger partial charge in [0.2, 0.25) is 5.91 Å². The predicted octanol–water partition coefficient (Wildman–Crippen LogP) is 18.8. The van der Waals surface area contributed by atoms with Crippen LogP contribution in [0.15, 0.2) is 48.6 Å². The van der Waals surface area contributed by atoms with E-state index in [0.717, 1.165) is 44.9 Å². The number of nitrogens with one attached hydrogen (secondary N) is 1. The molecule has 0 saturated carbocycles. The third-order valence-corrected chi connectivity index (χ3v) is 16.6. The maximum absolute atomic E-state index is 13.1. The molecule has 1 heterocycles. The van der Waals surface area contributed by atoms with E-state index in [1.807, 2.05) is 6.08 Å². The minimum Gasteiger partial charge on any atom is -0.394 e. The summed E-state index contributed by atoms with van der Waals surface area (Å²) in [5.41, 5.74) is 0. The monoisotopic (exact) mass is 1130 g/mol. The second-order valence-corrected chi connectivity index (χ2v) is 24.3. The van der Waals surface area contributed by atoms with Crippen molar-refractivity contribution in [3.8, 4) is 0 Å². The van der Waals surface area contributed by atoms with Gasteiger partial charge in [-0.1, -0.05) is 313 Å². The molecule has 1 aliphatic heterocycles. The highest BCUT2D eigenvalue weighted by Crippen LogP contribution is 2.23. The number of aliphatic hydroxyl groups excluding tert-OH is 5. The van der Waals surface area contributed by atoms with Gasteiger partial charge in [-0.15, -0.1) is 0 Å². The molecule has 0 aromatic rings. The summed E-state index contributed by atoms with van der Waals surface area (Å²) in [6, 6.07) is -0.829. The lowest BCUT2D eigenvalue weighted by Crippen LogP contribution is -2.60. The Morgan fingerprint density at radius 2 is 0.713 bits per heavy atom. The zero-order valence-corrected chi connectivity index (χ0v) is 52.6. The lowest BCUT2D eigenvalue weighted by Gasteiger charge is -2.40. The first-order chi connectivity index (χ1) is 39.3. The van der Waals surface area contributed by atoms with Crippen molar-refractivity contribution in [2.24, 2.45) is 0 Å². The zero-order valence-electron chi connectivity index (χ0n) is 52.6. The van der Waals surface area contributed by atoms with E-state index in [2.05, 4.69) is 55.6 Å². The Bertz CT molecular complexity index is 1400. The van der Waals surface area contributed by atoms with Gasteiger partial charge in [0, 0.05) is 6.42 Å². The Labute approximate surface area is 494 Å². The number of rotatable bonds is 61. The maximum Gasteiger partial charge on any atom is 0.220 e. The first-order valence-corrected chi connectivity index (χ1v) is 34.9. The van der Waals surface area contributed by atoms with Crippen molar-refractivity contribution in [1.82, 2.24) is 5.32 Å². The van der Waals surface area contributed by atoms with Gasteiger partial charge >= 0.3 is 0 Å². The van der Waals surface area contributed by atoms with Crippen molar-refractivity contribution in [2.45, 2.75) is 384 Å². The van der Waals surface area contributed by atoms with Gasteiger partial charge in [0.25, 0.3) is 0 Å². The number of unbranched alkanes of at least 4 members (excludes halogenated alkanes) is 45. The van der Waals surface area contributed by atoms with Gasteiger partial charge in [-0.25, -0.2) is 0 Å². The topological polar surface area (TPSA) is 149 Å². The fourth-order valence-electron chi connectivity index (χ4n) is 11.1. The molecule has 6 N–H and O–H groups in total. The number of carbonyl (C=O) groups is 1. The normalized spacial score (nSPS) is 18.7. The lowest BCUT2D eigenvalue weighted by atomic mass is 9.99. The summed E-state index contributed by atoms with van der Waals surface area (Å²) in [6.07, 6.45) is 75.1. The molecule has 1 aliphatic rings. The zero-order chi connectivity index (χ0) is 57.9. The average Bonchev–Trinajstić information content (AvgIpc) is 3.46. The summed E-state index contributed by atoms with van der Waals surface area (Å²) in [5.74, 6) is -0.185. The molecule has 1 rings (SSSR count). The molecule has 9 nitrogen and oxygen atoms in total. The third kappa shape index (κ3) is 48.5. The molecule has 0 radical (unpaired) electrons. The van der Waals surface area contributed by atoms with Crippen LogP contribution in [0.1, 0.15) is 341 Å². The molecular formula is C71H133NO8. The summed E-state index contributed by atoms with van der Waals surface area (Å²) in [4.78, 5) is 13.1. The number of carbonyl (C=O) groups excluding carboxylic acids is 1. The van der Waals surface area contributed by atoms with Crippen LogP contribution < -0.4 is 5.32 Å².